The van der Waals surface area contributed by atoms with Crippen LogP contribution in [0.25, 0.3) is 5.69 Å². The molecule has 0 radical (unpaired) electrons. The van der Waals surface area contributed by atoms with Crippen LogP contribution >= 0.6 is 0 Å². The van der Waals surface area contributed by atoms with Crippen LogP contribution in [0.2, 0.25) is 0 Å². The fourth-order valence-corrected chi connectivity index (χ4v) is 2.82. The second-order valence-corrected chi connectivity index (χ2v) is 6.04. The molecule has 0 aliphatic carbocycles. The number of aromatic nitrogens is 4. The predicted molar refractivity (Wildman–Crippen MR) is 93.0 cm³/mol. The summed E-state index contributed by atoms with van der Waals surface area (Å²) in [4.78, 5) is 14.8. The van der Waals surface area contributed by atoms with E-state index in [9.17, 15) is 4.79 Å². The third-order valence-corrected chi connectivity index (χ3v) is 4.27. The lowest BCUT2D eigenvalue weighted by Crippen LogP contribution is -2.46. The zero-order valence-electron chi connectivity index (χ0n) is 14.8. The fraction of sp³-hybridized carbons (Fsp3) is 0.529. The van der Waals surface area contributed by atoms with Gasteiger partial charge in [-0.25, -0.2) is 4.68 Å². The van der Waals surface area contributed by atoms with Gasteiger partial charge < -0.3 is 5.32 Å². The van der Waals surface area contributed by atoms with Crippen LogP contribution in [0, 0.1) is 5.92 Å². The average molecular weight is 330 g/mol. The van der Waals surface area contributed by atoms with Crippen LogP contribution in [0.3, 0.4) is 0 Å². The minimum Gasteiger partial charge on any atom is -0.350 e. The van der Waals surface area contributed by atoms with Crippen molar-refractivity contribution < 1.29 is 4.79 Å². The Kier molecular flexibility index (Phi) is 6.43. The Morgan fingerprint density at radius 3 is 2.38 bits per heavy atom. The number of carbonyl (C=O) groups excluding carboxylic acids is 1. The van der Waals surface area contributed by atoms with Crippen molar-refractivity contribution in [1.29, 1.82) is 0 Å². The molecule has 2 aromatic rings. The third-order valence-electron chi connectivity index (χ3n) is 4.27. The van der Waals surface area contributed by atoms with E-state index in [2.05, 4.69) is 53.4 Å². The Morgan fingerprint density at radius 2 is 1.88 bits per heavy atom. The molecule has 7 heteroatoms. The number of nitrogens with one attached hydrogen (secondary N) is 1. The highest BCUT2D eigenvalue weighted by molar-refractivity contribution is 5.94. The zero-order valence-corrected chi connectivity index (χ0v) is 14.8. The maximum absolute atomic E-state index is 12.4. The number of amides is 1. The van der Waals surface area contributed by atoms with Crippen LogP contribution in [0.15, 0.2) is 30.6 Å². The van der Waals surface area contributed by atoms with Crippen LogP contribution in [-0.4, -0.2) is 56.7 Å². The van der Waals surface area contributed by atoms with E-state index in [0.717, 1.165) is 18.8 Å². The SMILES string of the molecule is CCN(CC)[C@@H](CNC(=O)c1ccc(-n2cnnn2)cc1)C(C)C. The highest BCUT2D eigenvalue weighted by atomic mass is 16.1. The molecule has 0 saturated carbocycles. The second-order valence-electron chi connectivity index (χ2n) is 6.04. The predicted octanol–water partition coefficient (Wildman–Crippen LogP) is 1.76. The molecule has 1 atom stereocenters. The van der Waals surface area contributed by atoms with Gasteiger partial charge in [0, 0.05) is 18.2 Å². The van der Waals surface area contributed by atoms with Gasteiger partial charge in [-0.2, -0.15) is 0 Å². The lowest BCUT2D eigenvalue weighted by atomic mass is 10.0. The van der Waals surface area contributed by atoms with E-state index in [1.165, 1.54) is 6.33 Å². The van der Waals surface area contributed by atoms with Crippen molar-refractivity contribution in [3.8, 4) is 5.69 Å². The van der Waals surface area contributed by atoms with Gasteiger partial charge in [-0.05, 0) is 53.7 Å². The van der Waals surface area contributed by atoms with Crippen molar-refractivity contribution >= 4 is 5.91 Å². The van der Waals surface area contributed by atoms with Crippen LogP contribution in [0.1, 0.15) is 38.1 Å². The molecule has 1 aromatic carbocycles. The first-order valence-corrected chi connectivity index (χ1v) is 8.42. The van der Waals surface area contributed by atoms with Crippen molar-refractivity contribution in [3.63, 3.8) is 0 Å². The van der Waals surface area contributed by atoms with E-state index >= 15 is 0 Å². The topological polar surface area (TPSA) is 75.9 Å². The van der Waals surface area contributed by atoms with Crippen LogP contribution in [0.5, 0.6) is 0 Å². The van der Waals surface area contributed by atoms with Gasteiger partial charge in [0.2, 0.25) is 0 Å². The summed E-state index contributed by atoms with van der Waals surface area (Å²) in [5, 5.41) is 14.1. The number of tetrazole rings is 1. The van der Waals surface area contributed by atoms with Crippen molar-refractivity contribution in [1.82, 2.24) is 30.4 Å². The van der Waals surface area contributed by atoms with Crippen molar-refractivity contribution in [2.24, 2.45) is 5.92 Å². The average Bonchev–Trinajstić information content (AvgIpc) is 3.12. The Balaban J connectivity index is 1.98. The summed E-state index contributed by atoms with van der Waals surface area (Å²) in [7, 11) is 0. The van der Waals surface area contributed by atoms with E-state index in [0.29, 0.717) is 24.1 Å². The van der Waals surface area contributed by atoms with Crippen LogP contribution in [0.4, 0.5) is 0 Å². The van der Waals surface area contributed by atoms with Gasteiger partial charge in [0.25, 0.3) is 5.91 Å². The summed E-state index contributed by atoms with van der Waals surface area (Å²) in [5.41, 5.74) is 1.45. The van der Waals surface area contributed by atoms with E-state index < -0.39 is 0 Å². The number of benzene rings is 1. The third kappa shape index (κ3) is 4.38. The lowest BCUT2D eigenvalue weighted by Gasteiger charge is -2.32. The van der Waals surface area contributed by atoms with Crippen molar-refractivity contribution in [2.45, 2.75) is 33.7 Å². The molecular weight excluding hydrogens is 304 g/mol. The summed E-state index contributed by atoms with van der Waals surface area (Å²) in [6, 6.07) is 7.57. The molecule has 0 saturated heterocycles. The number of hydrogen-bond donors (Lipinski definition) is 1. The molecule has 0 spiro atoms. The minimum absolute atomic E-state index is 0.0592. The van der Waals surface area contributed by atoms with E-state index in [4.69, 9.17) is 0 Å². The van der Waals surface area contributed by atoms with Gasteiger partial charge >= 0.3 is 0 Å². The molecule has 0 aliphatic rings. The fourth-order valence-electron chi connectivity index (χ4n) is 2.82. The largest absolute Gasteiger partial charge is 0.350 e. The molecule has 1 N–H and O–H groups in total. The Bertz CT molecular complexity index is 619. The molecule has 0 bridgehead atoms. The van der Waals surface area contributed by atoms with Crippen LogP contribution < -0.4 is 5.32 Å². The highest BCUT2D eigenvalue weighted by Gasteiger charge is 2.20. The number of likely N-dealkylation sites (N-methyl/N-ethyl adjacent to an activating group) is 1. The van der Waals surface area contributed by atoms with Crippen molar-refractivity contribution in [2.75, 3.05) is 19.6 Å². The Labute approximate surface area is 143 Å². The smallest absolute Gasteiger partial charge is 0.251 e. The molecule has 0 aliphatic heterocycles. The van der Waals surface area contributed by atoms with Gasteiger partial charge in [0.1, 0.15) is 6.33 Å². The molecule has 1 heterocycles. The molecular formula is C17H26N6O. The molecule has 7 nitrogen and oxygen atoms in total. The van der Waals surface area contributed by atoms with Gasteiger partial charge in [-0.1, -0.05) is 27.7 Å². The number of hydrogen-bond acceptors (Lipinski definition) is 5. The monoisotopic (exact) mass is 330 g/mol. The Morgan fingerprint density at radius 1 is 1.21 bits per heavy atom. The molecule has 1 amide bonds. The van der Waals surface area contributed by atoms with Gasteiger partial charge in [0.15, 0.2) is 0 Å². The van der Waals surface area contributed by atoms with Crippen LogP contribution in [-0.2, 0) is 0 Å². The van der Waals surface area contributed by atoms with E-state index in [1.807, 2.05) is 12.1 Å². The van der Waals surface area contributed by atoms with Crippen molar-refractivity contribution in [3.05, 3.63) is 36.2 Å². The van der Waals surface area contributed by atoms with E-state index in [1.54, 1.807) is 16.8 Å². The molecule has 24 heavy (non-hydrogen) atoms. The molecule has 0 unspecified atom stereocenters. The standard InChI is InChI=1S/C17H26N6O/c1-5-22(6-2)16(13(3)4)11-18-17(24)14-7-9-15(10-8-14)23-12-19-20-21-23/h7-10,12-13,16H,5-6,11H2,1-4H3,(H,18,24)/t16-/m0/s1. The quantitative estimate of drug-likeness (QED) is 0.798. The maximum atomic E-state index is 12.4. The first-order chi connectivity index (χ1) is 11.6. The molecule has 1 aromatic heterocycles. The summed E-state index contributed by atoms with van der Waals surface area (Å²) < 4.78 is 1.55. The number of carbonyl (C=O) groups is 1. The Hall–Kier alpha value is -2.28. The summed E-state index contributed by atoms with van der Waals surface area (Å²) in [6.07, 6.45) is 1.52. The lowest BCUT2D eigenvalue weighted by molar-refractivity contribution is 0.0921. The number of nitrogens with zero attached hydrogens (tertiary/aromatic N) is 5. The molecule has 0 fully saturated rings. The first-order valence-electron chi connectivity index (χ1n) is 8.42. The summed E-state index contributed by atoms with van der Waals surface area (Å²) in [6.45, 7) is 11.3. The van der Waals surface area contributed by atoms with Gasteiger partial charge in [-0.15, -0.1) is 5.10 Å². The first kappa shape index (κ1) is 18.1. The van der Waals surface area contributed by atoms with Gasteiger partial charge in [-0.3, -0.25) is 9.69 Å². The molecule has 130 valence electrons. The second kappa shape index (κ2) is 8.54. The highest BCUT2D eigenvalue weighted by Crippen LogP contribution is 2.11. The number of rotatable bonds is 8. The summed E-state index contributed by atoms with van der Waals surface area (Å²) >= 11 is 0. The minimum atomic E-state index is -0.0592. The zero-order chi connectivity index (χ0) is 17.5. The molecule has 2 rings (SSSR count). The maximum Gasteiger partial charge on any atom is 0.251 e. The van der Waals surface area contributed by atoms with E-state index in [-0.39, 0.29) is 5.91 Å². The normalized spacial score (nSPS) is 12.6. The summed E-state index contributed by atoms with van der Waals surface area (Å²) in [5.74, 6) is 0.420. The van der Waals surface area contributed by atoms with Gasteiger partial charge in [0.05, 0.1) is 5.69 Å².